The first-order valence-electron chi connectivity index (χ1n) is 22.9. The lowest BCUT2D eigenvalue weighted by Crippen LogP contribution is -2.44. The van der Waals surface area contributed by atoms with Gasteiger partial charge in [-0.05, 0) is 94.4 Å². The second kappa shape index (κ2) is 19.4. The minimum atomic E-state index is -2.90. The Bertz CT molecular complexity index is 2670. The van der Waals surface area contributed by atoms with Gasteiger partial charge in [0.1, 0.15) is 17.4 Å². The summed E-state index contributed by atoms with van der Waals surface area (Å²) in [6, 6.07) is 6.79. The van der Waals surface area contributed by atoms with Crippen molar-refractivity contribution in [2.24, 2.45) is 18.9 Å². The van der Waals surface area contributed by atoms with Gasteiger partial charge in [-0.15, -0.1) is 0 Å². The molecule has 19 nitrogen and oxygen atoms in total. The number of anilines is 2. The van der Waals surface area contributed by atoms with Crippen LogP contribution in [0.3, 0.4) is 0 Å². The van der Waals surface area contributed by atoms with Crippen LogP contribution in [0.15, 0.2) is 47.7 Å². The van der Waals surface area contributed by atoms with Gasteiger partial charge in [-0.25, -0.2) is 23.1 Å². The molecule has 1 aromatic carbocycles. The fourth-order valence-electron chi connectivity index (χ4n) is 10.1. The third kappa shape index (κ3) is 9.32. The van der Waals surface area contributed by atoms with Crippen molar-refractivity contribution in [2.75, 3.05) is 49.7 Å². The molecule has 3 aliphatic heterocycles. The quantitative estimate of drug-likeness (QED) is 0.0676. The summed E-state index contributed by atoms with van der Waals surface area (Å²) < 4.78 is 46.1. The summed E-state index contributed by atoms with van der Waals surface area (Å²) in [4.78, 5) is 70.0. The molecule has 3 amide bonds. The molecule has 4 aromatic heterocycles. The molecule has 0 radical (unpaired) electrons. The van der Waals surface area contributed by atoms with Gasteiger partial charge < -0.3 is 30.1 Å². The number of alkyl halides is 2. The number of halogens is 2. The number of ether oxygens (including phenoxy) is 2. The highest BCUT2D eigenvalue weighted by Gasteiger charge is 2.40. The fourth-order valence-corrected chi connectivity index (χ4v) is 10.1. The molecule has 4 atom stereocenters. The minimum Gasteiger partial charge on any atom is -0.481 e. The molecule has 1 aliphatic carbocycles. The first kappa shape index (κ1) is 45.1. The van der Waals surface area contributed by atoms with Crippen molar-refractivity contribution < 1.29 is 42.5 Å². The largest absolute Gasteiger partial charge is 0.481 e. The Balaban J connectivity index is 0.701. The Morgan fingerprint density at radius 2 is 1.88 bits per heavy atom. The second-order valence-electron chi connectivity index (χ2n) is 18.0. The number of aliphatic carboxylic acids is 1. The standard InChI is InChI=1S/C45H55F2N11O8/c1-54-39-27(5-2-8-34(39)58(45(54)64)35-13-14-37(59)52-43(35)61)6-3-17-65-18-4-7-28(44(62)63)21-48-20-26-9-11-29(12-10-26)57-24-33(38(53-57)40(46)47)50-42(60)32-22-49-56-16-15-36(51-41(32)56)55-23-31-19-30(55)25-66-31/h2,5,8,15-16,22,24,26,28-31,35,40,48H,3-4,6-7,9-14,17-21,23,25H2,1H3,(H,50,60)(H,62,63)(H,52,59,61)/t26?,28?,29?,30-,31-,35?/m1/s1. The number of carbonyl (C=O) groups is 4. The zero-order valence-electron chi connectivity index (χ0n) is 36.7. The van der Waals surface area contributed by atoms with E-state index in [9.17, 15) is 37.9 Å². The molecule has 2 unspecified atom stereocenters. The third-order valence-corrected chi connectivity index (χ3v) is 13.7. The number of imidazole rings is 1. The van der Waals surface area contributed by atoms with Gasteiger partial charge in [0.25, 0.3) is 12.3 Å². The molecule has 0 spiro atoms. The van der Waals surface area contributed by atoms with Crippen LogP contribution in [0.1, 0.15) is 104 Å². The van der Waals surface area contributed by atoms with E-state index in [1.165, 1.54) is 26.2 Å². The lowest BCUT2D eigenvalue weighted by Gasteiger charge is -2.29. The monoisotopic (exact) mass is 915 g/mol. The number of para-hydroxylation sites is 1. The number of rotatable bonds is 19. The number of piperidine rings is 1. The van der Waals surface area contributed by atoms with Crippen LogP contribution >= 0.6 is 0 Å². The highest BCUT2D eigenvalue weighted by molar-refractivity contribution is 6.08. The van der Waals surface area contributed by atoms with Crippen molar-refractivity contribution in [3.63, 3.8) is 0 Å². The summed E-state index contributed by atoms with van der Waals surface area (Å²) in [5.74, 6) is -1.90. The third-order valence-electron chi connectivity index (χ3n) is 13.7. The Morgan fingerprint density at radius 1 is 1.06 bits per heavy atom. The number of carboxylic acid groups (broad SMARTS) is 1. The Kier molecular flexibility index (Phi) is 13.3. The summed E-state index contributed by atoms with van der Waals surface area (Å²) in [5.41, 5.74) is 1.93. The SMILES string of the molecule is Cn1c(=O)n(C2CCC(=O)NC2=O)c2cccc(CCCOCCCC(CNCC3CCC(n4cc(NC(=O)c5cnn6ccc(N7C[C@H]8C[C@@H]7CO8)nc56)c(C(F)F)n4)CC3)C(=O)O)c21. The van der Waals surface area contributed by atoms with E-state index < -0.39 is 41.9 Å². The first-order chi connectivity index (χ1) is 31.9. The number of benzene rings is 1. The maximum atomic E-state index is 14.3. The average molecular weight is 916 g/mol. The van der Waals surface area contributed by atoms with Gasteiger partial charge in [0.15, 0.2) is 11.3 Å². The Hall–Kier alpha value is -6.06. The molecule has 5 aromatic rings. The summed E-state index contributed by atoms with van der Waals surface area (Å²) >= 11 is 0. The Labute approximate surface area is 377 Å². The molecule has 9 rings (SSSR count). The fraction of sp³-hybridized carbons (Fsp3) is 0.556. The van der Waals surface area contributed by atoms with Crippen LogP contribution in [-0.2, 0) is 37.3 Å². The number of nitrogens with zero attached hydrogens (tertiary/aromatic N) is 8. The van der Waals surface area contributed by atoms with E-state index in [-0.39, 0.29) is 59.8 Å². The lowest BCUT2D eigenvalue weighted by atomic mass is 9.86. The van der Waals surface area contributed by atoms with E-state index >= 15 is 0 Å². The molecule has 1 saturated carbocycles. The summed E-state index contributed by atoms with van der Waals surface area (Å²) in [6.45, 7) is 3.14. The summed E-state index contributed by atoms with van der Waals surface area (Å²) in [6.07, 6.45) is 8.51. The number of imide groups is 1. The van der Waals surface area contributed by atoms with Crippen LogP contribution in [0.25, 0.3) is 16.7 Å². The van der Waals surface area contributed by atoms with Gasteiger partial charge in [0, 0.05) is 52.2 Å². The van der Waals surface area contributed by atoms with Crippen molar-refractivity contribution in [1.29, 1.82) is 0 Å². The predicted octanol–water partition coefficient (Wildman–Crippen LogP) is 4.18. The van der Waals surface area contributed by atoms with Crippen LogP contribution in [0, 0.1) is 11.8 Å². The molecule has 4 aliphatic rings. The van der Waals surface area contributed by atoms with E-state index in [1.807, 2.05) is 24.3 Å². The van der Waals surface area contributed by atoms with Crippen LogP contribution < -0.4 is 26.5 Å². The van der Waals surface area contributed by atoms with Crippen molar-refractivity contribution in [3.05, 3.63) is 70.2 Å². The van der Waals surface area contributed by atoms with E-state index in [0.29, 0.717) is 95.0 Å². The van der Waals surface area contributed by atoms with Gasteiger partial charge in [-0.1, -0.05) is 12.1 Å². The number of carbonyl (C=O) groups excluding carboxylic acids is 3. The number of aromatic nitrogens is 7. The summed E-state index contributed by atoms with van der Waals surface area (Å²) in [5, 5.41) is 26.7. The van der Waals surface area contributed by atoms with E-state index in [0.717, 1.165) is 30.3 Å². The smallest absolute Gasteiger partial charge is 0.329 e. The van der Waals surface area contributed by atoms with Crippen LogP contribution in [0.2, 0.25) is 0 Å². The molecule has 2 bridgehead atoms. The topological polar surface area (TPSA) is 221 Å². The highest BCUT2D eigenvalue weighted by Crippen LogP contribution is 2.36. The van der Waals surface area contributed by atoms with Crippen molar-refractivity contribution >= 4 is 51.9 Å². The summed E-state index contributed by atoms with van der Waals surface area (Å²) in [7, 11) is 1.68. The van der Waals surface area contributed by atoms with Crippen molar-refractivity contribution in [1.82, 2.24) is 44.1 Å². The number of hydrogen-bond donors (Lipinski definition) is 4. The van der Waals surface area contributed by atoms with Crippen LogP contribution in [-0.4, -0.2) is 114 Å². The zero-order valence-corrected chi connectivity index (χ0v) is 36.7. The maximum Gasteiger partial charge on any atom is 0.329 e. The first-order valence-corrected chi connectivity index (χ1v) is 22.9. The molecule has 4 N–H and O–H groups in total. The van der Waals surface area contributed by atoms with Gasteiger partial charge in [0.05, 0.1) is 53.6 Å². The number of fused-ring (bicyclic) bond motifs is 4. The molecule has 352 valence electrons. The molecular formula is C45H55F2N11O8. The second-order valence-corrected chi connectivity index (χ2v) is 18.0. The van der Waals surface area contributed by atoms with Gasteiger partial charge >= 0.3 is 11.7 Å². The molecule has 7 heterocycles. The average Bonchev–Trinajstić information content (AvgIpc) is 4.16. The number of nitrogens with one attached hydrogen (secondary N) is 3. The molecule has 3 saturated heterocycles. The molecular weight excluding hydrogens is 861 g/mol. The number of hydrogen-bond acceptors (Lipinski definition) is 12. The van der Waals surface area contributed by atoms with E-state index in [4.69, 9.17) is 14.5 Å². The molecule has 66 heavy (non-hydrogen) atoms. The number of carboxylic acids is 1. The minimum absolute atomic E-state index is 0.0585. The van der Waals surface area contributed by atoms with Crippen molar-refractivity contribution in [3.8, 4) is 0 Å². The van der Waals surface area contributed by atoms with E-state index in [2.05, 4.69) is 31.0 Å². The van der Waals surface area contributed by atoms with Gasteiger partial charge in [-0.3, -0.25) is 38.3 Å². The highest BCUT2D eigenvalue weighted by atomic mass is 19.3. The predicted molar refractivity (Wildman–Crippen MR) is 236 cm³/mol. The van der Waals surface area contributed by atoms with Crippen molar-refractivity contribution in [2.45, 2.75) is 101 Å². The van der Waals surface area contributed by atoms with Crippen LogP contribution in [0.4, 0.5) is 20.3 Å². The Morgan fingerprint density at radius 3 is 2.62 bits per heavy atom. The number of morpholine rings is 1. The molecule has 21 heteroatoms. The normalized spacial score (nSPS) is 22.5. The van der Waals surface area contributed by atoms with Crippen LogP contribution in [0.5, 0.6) is 0 Å². The maximum absolute atomic E-state index is 14.3. The van der Waals surface area contributed by atoms with E-state index in [1.54, 1.807) is 17.8 Å². The molecule has 4 fully saturated rings. The zero-order chi connectivity index (χ0) is 46.1. The van der Waals surface area contributed by atoms with Gasteiger partial charge in [0.2, 0.25) is 11.8 Å². The lowest BCUT2D eigenvalue weighted by molar-refractivity contribution is -0.142. The van der Waals surface area contributed by atoms with Gasteiger partial charge in [-0.2, -0.15) is 10.2 Å². The number of amides is 3. The number of aryl methyl sites for hydroxylation is 2.